The van der Waals surface area contributed by atoms with Crippen LogP contribution >= 0.6 is 11.3 Å². The van der Waals surface area contributed by atoms with Crippen LogP contribution in [0.1, 0.15) is 83.9 Å². The Morgan fingerprint density at radius 2 is 1.30 bits per heavy atom. The number of benzene rings is 4. The lowest BCUT2D eigenvalue weighted by Crippen LogP contribution is -2.41. The number of hydrogen-bond donors (Lipinski definition) is 0. The van der Waals surface area contributed by atoms with E-state index in [0.29, 0.717) is 0 Å². The molecule has 2 heteroatoms. The van der Waals surface area contributed by atoms with E-state index in [4.69, 9.17) is 0 Å². The Hall–Kier alpha value is -3.10. The molecule has 0 atom stereocenters. The average Bonchev–Trinajstić information content (AvgIpc) is 3.27. The summed E-state index contributed by atoms with van der Waals surface area (Å²) in [6, 6.07) is 30.0. The molecule has 0 aliphatic rings. The van der Waals surface area contributed by atoms with Gasteiger partial charge in [0.15, 0.2) is 0 Å². The third-order valence-electron chi connectivity index (χ3n) is 8.69. The van der Waals surface area contributed by atoms with Crippen LogP contribution in [0.25, 0.3) is 31.3 Å². The smallest absolute Gasteiger partial charge is 0.0445 e. The molecule has 0 aliphatic carbocycles. The molecule has 0 saturated carbocycles. The number of thiophene rings is 1. The lowest BCUT2D eigenvalue weighted by atomic mass is 9.78. The van der Waals surface area contributed by atoms with Crippen molar-refractivity contribution in [1.29, 1.82) is 0 Å². The molecule has 4 aromatic carbocycles. The summed E-state index contributed by atoms with van der Waals surface area (Å²) in [6.07, 6.45) is 4.67. The second-order valence-corrected chi connectivity index (χ2v) is 13.9. The van der Waals surface area contributed by atoms with Crippen LogP contribution in [0.2, 0.25) is 0 Å². The molecule has 208 valence electrons. The first kappa shape index (κ1) is 28.4. The number of fused-ring (bicyclic) bond motifs is 3. The predicted octanol–water partition coefficient (Wildman–Crippen LogP) is 12.1. The van der Waals surface area contributed by atoms with Gasteiger partial charge >= 0.3 is 0 Å². The van der Waals surface area contributed by atoms with Crippen LogP contribution in [0.15, 0.2) is 78.9 Å². The molecule has 0 N–H and O–H groups in total. The minimum atomic E-state index is -0.0242. The van der Waals surface area contributed by atoms with Crippen molar-refractivity contribution in [3.8, 4) is 11.1 Å². The van der Waals surface area contributed by atoms with Gasteiger partial charge in [0.05, 0.1) is 0 Å². The lowest BCUT2D eigenvalue weighted by molar-refractivity contribution is 0.459. The van der Waals surface area contributed by atoms with Crippen molar-refractivity contribution in [3.05, 3.63) is 95.6 Å². The minimum absolute atomic E-state index is 0.0242. The highest BCUT2D eigenvalue weighted by Crippen LogP contribution is 2.43. The number of rotatable bonds is 9. The van der Waals surface area contributed by atoms with Crippen LogP contribution in [0.4, 0.5) is 11.4 Å². The maximum atomic E-state index is 2.59. The molecule has 0 fully saturated rings. The quantitative estimate of drug-likeness (QED) is 0.177. The van der Waals surface area contributed by atoms with E-state index in [-0.39, 0.29) is 11.0 Å². The third-order valence-corrected chi connectivity index (χ3v) is 9.84. The maximum absolute atomic E-state index is 2.59. The summed E-state index contributed by atoms with van der Waals surface area (Å²) in [5.74, 6) is 0. The van der Waals surface area contributed by atoms with Gasteiger partial charge in [-0.1, -0.05) is 83.0 Å². The second-order valence-electron chi connectivity index (χ2n) is 12.8. The zero-order valence-electron chi connectivity index (χ0n) is 25.7. The molecule has 1 nitrogen and oxygen atoms in total. The van der Waals surface area contributed by atoms with Crippen LogP contribution in [0, 0.1) is 13.8 Å². The highest BCUT2D eigenvalue weighted by Gasteiger charge is 2.29. The zero-order chi connectivity index (χ0) is 28.7. The van der Waals surface area contributed by atoms with Gasteiger partial charge < -0.3 is 4.90 Å². The molecule has 0 unspecified atom stereocenters. The van der Waals surface area contributed by atoms with E-state index in [1.165, 1.54) is 72.2 Å². The fraction of sp³-hybridized carbons (Fsp3) is 0.368. The standard InChI is InChI=1S/C38H45NS/c1-9-21-37(5,6)33-18-15-28(23-26(33)3)29-16-19-34(27(4)24-29)39(38(7,8)22-10-2)30-17-20-36-32(25-30)31-13-11-12-14-35(31)40-36/h11-20,23-25H,9-10,21-22H2,1-8H3. The molecular weight excluding hydrogens is 502 g/mol. The van der Waals surface area contributed by atoms with E-state index in [9.17, 15) is 0 Å². The molecule has 0 saturated heterocycles. The molecule has 0 radical (unpaired) electrons. The summed E-state index contributed by atoms with van der Waals surface area (Å²) in [7, 11) is 0. The highest BCUT2D eigenvalue weighted by atomic mass is 32.1. The van der Waals surface area contributed by atoms with Gasteiger partial charge in [0, 0.05) is 37.1 Å². The van der Waals surface area contributed by atoms with E-state index in [1.54, 1.807) is 0 Å². The Bertz CT molecular complexity index is 1650. The predicted molar refractivity (Wildman–Crippen MR) is 180 cm³/mol. The summed E-state index contributed by atoms with van der Waals surface area (Å²) in [5.41, 5.74) is 9.49. The summed E-state index contributed by atoms with van der Waals surface area (Å²) < 4.78 is 2.71. The first-order valence-electron chi connectivity index (χ1n) is 15.0. The van der Waals surface area contributed by atoms with Gasteiger partial charge in [-0.25, -0.2) is 0 Å². The van der Waals surface area contributed by atoms with Crippen molar-refractivity contribution in [2.75, 3.05) is 4.90 Å². The molecule has 0 spiro atoms. The summed E-state index contributed by atoms with van der Waals surface area (Å²) >= 11 is 1.89. The minimum Gasteiger partial charge on any atom is -0.336 e. The molecule has 5 rings (SSSR count). The maximum Gasteiger partial charge on any atom is 0.0445 e. The number of anilines is 2. The molecule has 1 heterocycles. The summed E-state index contributed by atoms with van der Waals surface area (Å²) in [6.45, 7) is 18.6. The van der Waals surface area contributed by atoms with Crippen molar-refractivity contribution >= 4 is 42.9 Å². The monoisotopic (exact) mass is 547 g/mol. The van der Waals surface area contributed by atoms with Crippen molar-refractivity contribution in [2.45, 2.75) is 92.0 Å². The highest BCUT2D eigenvalue weighted by molar-refractivity contribution is 7.25. The molecule has 40 heavy (non-hydrogen) atoms. The van der Waals surface area contributed by atoms with Gasteiger partial charge in [-0.15, -0.1) is 11.3 Å². The first-order valence-corrected chi connectivity index (χ1v) is 15.8. The Morgan fingerprint density at radius 3 is 1.98 bits per heavy atom. The van der Waals surface area contributed by atoms with Crippen LogP contribution in [0.3, 0.4) is 0 Å². The topological polar surface area (TPSA) is 3.24 Å². The molecule has 0 bridgehead atoms. The van der Waals surface area contributed by atoms with E-state index in [1.807, 2.05) is 11.3 Å². The van der Waals surface area contributed by atoms with Crippen molar-refractivity contribution in [3.63, 3.8) is 0 Å². The SMILES string of the molecule is CCCC(C)(C)c1ccc(-c2ccc(N(c3ccc4sc5ccccc5c4c3)C(C)(C)CCC)c(C)c2)cc1C. The first-order chi connectivity index (χ1) is 19.1. The van der Waals surface area contributed by atoms with Gasteiger partial charge in [-0.05, 0) is 110 Å². The Balaban J connectivity index is 1.58. The Labute approximate surface area is 245 Å². The van der Waals surface area contributed by atoms with E-state index in [0.717, 1.165) is 12.8 Å². The summed E-state index contributed by atoms with van der Waals surface area (Å²) in [5, 5.41) is 2.71. The van der Waals surface area contributed by atoms with Crippen LogP contribution in [-0.4, -0.2) is 5.54 Å². The van der Waals surface area contributed by atoms with Gasteiger partial charge in [-0.3, -0.25) is 0 Å². The molecule has 1 aromatic heterocycles. The van der Waals surface area contributed by atoms with E-state index >= 15 is 0 Å². The lowest BCUT2D eigenvalue weighted by Gasteiger charge is -2.41. The van der Waals surface area contributed by atoms with Crippen LogP contribution < -0.4 is 4.90 Å². The molecule has 5 aromatic rings. The fourth-order valence-corrected chi connectivity index (χ4v) is 7.93. The largest absolute Gasteiger partial charge is 0.336 e. The van der Waals surface area contributed by atoms with Crippen LogP contribution in [0.5, 0.6) is 0 Å². The fourth-order valence-electron chi connectivity index (χ4n) is 6.84. The summed E-state index contributed by atoms with van der Waals surface area (Å²) in [4.78, 5) is 2.59. The van der Waals surface area contributed by atoms with E-state index < -0.39 is 0 Å². The number of hydrogen-bond acceptors (Lipinski definition) is 2. The van der Waals surface area contributed by atoms with Crippen molar-refractivity contribution in [2.24, 2.45) is 0 Å². The van der Waals surface area contributed by atoms with Crippen LogP contribution in [-0.2, 0) is 5.41 Å². The van der Waals surface area contributed by atoms with Gasteiger partial charge in [0.1, 0.15) is 0 Å². The van der Waals surface area contributed by atoms with Crippen molar-refractivity contribution in [1.82, 2.24) is 0 Å². The van der Waals surface area contributed by atoms with E-state index in [2.05, 4.69) is 139 Å². The Morgan fingerprint density at radius 1 is 0.650 bits per heavy atom. The third kappa shape index (κ3) is 5.31. The number of aryl methyl sites for hydroxylation is 2. The normalized spacial score (nSPS) is 12.4. The number of nitrogens with zero attached hydrogens (tertiary/aromatic N) is 1. The van der Waals surface area contributed by atoms with Gasteiger partial charge in [0.2, 0.25) is 0 Å². The Kier molecular flexibility index (Phi) is 7.86. The van der Waals surface area contributed by atoms with Gasteiger partial charge in [0.25, 0.3) is 0 Å². The molecular formula is C38H45NS. The zero-order valence-corrected chi connectivity index (χ0v) is 26.5. The average molecular weight is 548 g/mol. The van der Waals surface area contributed by atoms with Gasteiger partial charge in [-0.2, -0.15) is 0 Å². The molecule has 0 aliphatic heterocycles. The van der Waals surface area contributed by atoms with Crippen molar-refractivity contribution < 1.29 is 0 Å². The molecule has 0 amide bonds. The second kappa shape index (κ2) is 11.1.